The molecule has 3 rings (SSSR count). The summed E-state index contributed by atoms with van der Waals surface area (Å²) in [6.45, 7) is 4.66. The van der Waals surface area contributed by atoms with Gasteiger partial charge in [0.2, 0.25) is 5.82 Å². The van der Waals surface area contributed by atoms with Gasteiger partial charge in [0.25, 0.3) is 5.91 Å². The first kappa shape index (κ1) is 15.6. The Hall–Kier alpha value is -2.24. The first-order valence-electron chi connectivity index (χ1n) is 8.10. The lowest BCUT2D eigenvalue weighted by Crippen LogP contribution is -2.43. The number of amides is 1. The van der Waals surface area contributed by atoms with Crippen molar-refractivity contribution in [3.8, 4) is 5.69 Å². The largest absolute Gasteiger partial charge is 0.333 e. The van der Waals surface area contributed by atoms with Crippen LogP contribution in [0.3, 0.4) is 0 Å². The summed E-state index contributed by atoms with van der Waals surface area (Å²) in [5.74, 6) is 0.416. The van der Waals surface area contributed by atoms with E-state index in [9.17, 15) is 9.18 Å². The molecule has 1 fully saturated rings. The molecule has 0 aliphatic carbocycles. The van der Waals surface area contributed by atoms with Gasteiger partial charge in [-0.15, -0.1) is 5.10 Å². The minimum absolute atomic E-state index is 0.111. The Morgan fingerprint density at radius 1 is 1.30 bits per heavy atom. The van der Waals surface area contributed by atoms with Crippen LogP contribution in [0.5, 0.6) is 0 Å². The third-order valence-corrected chi connectivity index (χ3v) is 4.39. The van der Waals surface area contributed by atoms with E-state index >= 15 is 0 Å². The summed E-state index contributed by atoms with van der Waals surface area (Å²) < 4.78 is 14.6. The maximum Gasteiger partial charge on any atom is 0.293 e. The number of hydrogen-bond acceptors (Lipinski definition) is 3. The Morgan fingerprint density at radius 2 is 2.04 bits per heavy atom. The smallest absolute Gasteiger partial charge is 0.293 e. The van der Waals surface area contributed by atoms with E-state index in [4.69, 9.17) is 0 Å². The average Bonchev–Trinajstić information content (AvgIpc) is 2.96. The Morgan fingerprint density at radius 3 is 2.74 bits per heavy atom. The third-order valence-electron chi connectivity index (χ3n) is 4.39. The molecule has 2 heterocycles. The fourth-order valence-electron chi connectivity index (χ4n) is 3.13. The van der Waals surface area contributed by atoms with E-state index in [2.05, 4.69) is 17.0 Å². The van der Waals surface area contributed by atoms with Crippen molar-refractivity contribution >= 4 is 5.91 Å². The van der Waals surface area contributed by atoms with Crippen LogP contribution in [0.1, 0.15) is 49.1 Å². The van der Waals surface area contributed by atoms with Crippen LogP contribution in [0, 0.1) is 12.7 Å². The second-order valence-corrected chi connectivity index (χ2v) is 5.93. The van der Waals surface area contributed by atoms with Gasteiger partial charge in [0.05, 0.1) is 5.69 Å². The number of aryl methyl sites for hydroxylation is 1. The third kappa shape index (κ3) is 3.11. The van der Waals surface area contributed by atoms with Crippen molar-refractivity contribution < 1.29 is 9.18 Å². The number of halogens is 1. The molecule has 1 aromatic carbocycles. The van der Waals surface area contributed by atoms with E-state index in [-0.39, 0.29) is 23.6 Å². The van der Waals surface area contributed by atoms with Crippen LogP contribution >= 0.6 is 0 Å². The van der Waals surface area contributed by atoms with E-state index < -0.39 is 0 Å². The Balaban J connectivity index is 1.87. The normalized spacial score (nSPS) is 18.2. The molecule has 0 N–H and O–H groups in total. The highest BCUT2D eigenvalue weighted by molar-refractivity contribution is 5.90. The molecule has 1 aromatic heterocycles. The van der Waals surface area contributed by atoms with Gasteiger partial charge >= 0.3 is 0 Å². The van der Waals surface area contributed by atoms with Gasteiger partial charge in [-0.1, -0.05) is 6.92 Å². The highest BCUT2D eigenvalue weighted by Crippen LogP contribution is 2.21. The minimum atomic E-state index is -0.304. The number of rotatable bonds is 3. The van der Waals surface area contributed by atoms with Crippen LogP contribution in [-0.4, -0.2) is 38.2 Å². The number of carbonyl (C=O) groups excluding carboxylic acids is 1. The second-order valence-electron chi connectivity index (χ2n) is 5.93. The number of piperidine rings is 1. The van der Waals surface area contributed by atoms with Crippen molar-refractivity contribution in [1.29, 1.82) is 0 Å². The number of nitrogens with zero attached hydrogens (tertiary/aromatic N) is 4. The highest BCUT2D eigenvalue weighted by atomic mass is 19.1. The first-order chi connectivity index (χ1) is 11.1. The van der Waals surface area contributed by atoms with Gasteiger partial charge in [-0.05, 0) is 56.9 Å². The van der Waals surface area contributed by atoms with Gasteiger partial charge in [0.1, 0.15) is 11.6 Å². The molecular weight excluding hydrogens is 295 g/mol. The van der Waals surface area contributed by atoms with Crippen molar-refractivity contribution in [2.75, 3.05) is 6.54 Å². The minimum Gasteiger partial charge on any atom is -0.333 e. The Bertz CT molecular complexity index is 695. The molecule has 1 aliphatic rings. The van der Waals surface area contributed by atoms with Crippen LogP contribution in [0.15, 0.2) is 24.3 Å². The maximum absolute atomic E-state index is 13.1. The van der Waals surface area contributed by atoms with Gasteiger partial charge in [0, 0.05) is 12.6 Å². The number of carbonyl (C=O) groups is 1. The molecule has 0 saturated carbocycles. The molecule has 1 atom stereocenters. The lowest BCUT2D eigenvalue weighted by molar-refractivity contribution is 0.0595. The summed E-state index contributed by atoms with van der Waals surface area (Å²) in [5, 5.41) is 4.35. The SMILES string of the molecule is CC[C@H]1CCCCN1C(=O)c1nc(C)n(-c2ccc(F)cc2)n1. The fourth-order valence-corrected chi connectivity index (χ4v) is 3.13. The maximum atomic E-state index is 13.1. The summed E-state index contributed by atoms with van der Waals surface area (Å²) in [5.41, 5.74) is 0.695. The topological polar surface area (TPSA) is 51.0 Å². The van der Waals surface area contributed by atoms with Gasteiger partial charge in [-0.3, -0.25) is 4.79 Å². The monoisotopic (exact) mass is 316 g/mol. The molecule has 1 amide bonds. The Labute approximate surface area is 135 Å². The van der Waals surface area contributed by atoms with Crippen LogP contribution in [0.25, 0.3) is 5.69 Å². The summed E-state index contributed by atoms with van der Waals surface area (Å²) in [7, 11) is 0. The molecule has 5 nitrogen and oxygen atoms in total. The number of hydrogen-bond donors (Lipinski definition) is 0. The average molecular weight is 316 g/mol. The molecular formula is C17H21FN4O. The van der Waals surface area contributed by atoms with Crippen molar-refractivity contribution in [3.63, 3.8) is 0 Å². The van der Waals surface area contributed by atoms with Crippen LogP contribution in [0.4, 0.5) is 4.39 Å². The van der Waals surface area contributed by atoms with Gasteiger partial charge in [-0.2, -0.15) is 0 Å². The predicted octanol–water partition coefficient (Wildman–Crippen LogP) is 3.12. The summed E-state index contributed by atoms with van der Waals surface area (Å²) in [6, 6.07) is 6.27. The summed E-state index contributed by atoms with van der Waals surface area (Å²) in [4.78, 5) is 19.0. The molecule has 0 bridgehead atoms. The van der Waals surface area contributed by atoms with E-state index in [1.54, 1.807) is 23.7 Å². The zero-order valence-electron chi connectivity index (χ0n) is 13.5. The van der Waals surface area contributed by atoms with E-state index in [0.29, 0.717) is 11.5 Å². The molecule has 1 saturated heterocycles. The zero-order chi connectivity index (χ0) is 16.4. The first-order valence-corrected chi connectivity index (χ1v) is 8.10. The summed E-state index contributed by atoms with van der Waals surface area (Å²) in [6.07, 6.45) is 4.18. The highest BCUT2D eigenvalue weighted by Gasteiger charge is 2.29. The zero-order valence-corrected chi connectivity index (χ0v) is 13.5. The summed E-state index contributed by atoms with van der Waals surface area (Å²) >= 11 is 0. The fraction of sp³-hybridized carbons (Fsp3) is 0.471. The lowest BCUT2D eigenvalue weighted by Gasteiger charge is -2.34. The molecule has 0 spiro atoms. The van der Waals surface area contributed by atoms with E-state index in [1.165, 1.54) is 18.6 Å². The standard InChI is InChI=1S/C17H21FN4O/c1-3-14-6-4-5-11-21(14)17(23)16-19-12(2)22(20-16)15-9-7-13(18)8-10-15/h7-10,14H,3-6,11H2,1-2H3/t14-/m0/s1. The molecule has 2 aromatic rings. The number of aromatic nitrogens is 3. The number of benzene rings is 1. The molecule has 0 radical (unpaired) electrons. The van der Waals surface area contributed by atoms with Crippen molar-refractivity contribution in [1.82, 2.24) is 19.7 Å². The number of likely N-dealkylation sites (tertiary alicyclic amines) is 1. The van der Waals surface area contributed by atoms with Crippen LogP contribution in [0.2, 0.25) is 0 Å². The molecule has 1 aliphatic heterocycles. The molecule has 23 heavy (non-hydrogen) atoms. The van der Waals surface area contributed by atoms with Crippen LogP contribution < -0.4 is 0 Å². The van der Waals surface area contributed by atoms with E-state index in [0.717, 1.165) is 25.8 Å². The van der Waals surface area contributed by atoms with Crippen LogP contribution in [-0.2, 0) is 0 Å². The van der Waals surface area contributed by atoms with Gasteiger partial charge in [0.15, 0.2) is 0 Å². The second kappa shape index (κ2) is 6.48. The lowest BCUT2D eigenvalue weighted by atomic mass is 10.00. The predicted molar refractivity (Wildman–Crippen MR) is 85.0 cm³/mol. The van der Waals surface area contributed by atoms with Crippen molar-refractivity contribution in [2.45, 2.75) is 45.6 Å². The molecule has 122 valence electrons. The van der Waals surface area contributed by atoms with Gasteiger partial charge < -0.3 is 4.90 Å². The van der Waals surface area contributed by atoms with Gasteiger partial charge in [-0.25, -0.2) is 14.1 Å². The van der Waals surface area contributed by atoms with E-state index in [1.807, 2.05) is 4.90 Å². The molecule has 0 unspecified atom stereocenters. The Kier molecular flexibility index (Phi) is 4.41. The molecule has 6 heteroatoms. The van der Waals surface area contributed by atoms with Crippen molar-refractivity contribution in [2.24, 2.45) is 0 Å². The van der Waals surface area contributed by atoms with Crippen molar-refractivity contribution in [3.05, 3.63) is 41.7 Å². The quantitative estimate of drug-likeness (QED) is 0.874.